The van der Waals surface area contributed by atoms with Gasteiger partial charge in [-0.3, -0.25) is 9.69 Å². The van der Waals surface area contributed by atoms with Crippen LogP contribution in [0.15, 0.2) is 24.3 Å². The van der Waals surface area contributed by atoms with E-state index in [1.54, 1.807) is 7.11 Å². The highest BCUT2D eigenvalue weighted by Gasteiger charge is 2.18. The molecule has 2 rings (SSSR count). The molecule has 0 radical (unpaired) electrons. The van der Waals surface area contributed by atoms with Crippen LogP contribution in [-0.4, -0.2) is 62.6 Å². The van der Waals surface area contributed by atoms with Crippen molar-refractivity contribution in [2.45, 2.75) is 13.0 Å². The van der Waals surface area contributed by atoms with Gasteiger partial charge in [0.15, 0.2) is 0 Å². The number of ether oxygens (including phenoxy) is 1. The van der Waals surface area contributed by atoms with E-state index in [-0.39, 0.29) is 18.3 Å². The second-order valence-electron chi connectivity index (χ2n) is 5.39. The molecule has 6 heteroatoms. The lowest BCUT2D eigenvalue weighted by atomic mass is 10.2. The third kappa shape index (κ3) is 5.48. The van der Waals surface area contributed by atoms with Crippen molar-refractivity contribution in [1.29, 1.82) is 0 Å². The first-order chi connectivity index (χ1) is 10.2. The number of rotatable bonds is 5. The minimum Gasteiger partial charge on any atom is -0.497 e. The predicted molar refractivity (Wildman–Crippen MR) is 90.6 cm³/mol. The van der Waals surface area contributed by atoms with Gasteiger partial charge in [-0.2, -0.15) is 0 Å². The van der Waals surface area contributed by atoms with Crippen LogP contribution < -0.4 is 10.1 Å². The molecule has 0 aliphatic carbocycles. The average Bonchev–Trinajstić information content (AvgIpc) is 2.74. The van der Waals surface area contributed by atoms with Crippen LogP contribution in [0, 0.1) is 0 Å². The number of halogens is 1. The average molecular weight is 328 g/mol. The molecule has 1 aromatic carbocycles. The quantitative estimate of drug-likeness (QED) is 0.887. The Balaban J connectivity index is 0.00000242. The zero-order valence-electron chi connectivity index (χ0n) is 13.4. The summed E-state index contributed by atoms with van der Waals surface area (Å²) >= 11 is 0. The number of hydrogen-bond donors (Lipinski definition) is 1. The molecule has 1 aliphatic rings. The summed E-state index contributed by atoms with van der Waals surface area (Å²) in [6.45, 7) is 5.00. The second-order valence-corrected chi connectivity index (χ2v) is 5.39. The maximum atomic E-state index is 11.9. The maximum absolute atomic E-state index is 11.9. The summed E-state index contributed by atoms with van der Waals surface area (Å²) in [5.41, 5.74) is 1.28. The Morgan fingerprint density at radius 3 is 2.55 bits per heavy atom. The Morgan fingerprint density at radius 2 is 1.91 bits per heavy atom. The molecule has 0 aromatic heterocycles. The molecule has 0 unspecified atom stereocenters. The van der Waals surface area contributed by atoms with Crippen LogP contribution in [0.5, 0.6) is 5.75 Å². The number of benzene rings is 1. The number of nitrogens with zero attached hydrogens (tertiary/aromatic N) is 2. The Bertz CT molecular complexity index is 453. The Hall–Kier alpha value is -1.30. The normalized spacial score (nSPS) is 15.8. The number of carbonyl (C=O) groups excluding carboxylic acids is 1. The van der Waals surface area contributed by atoms with E-state index in [4.69, 9.17) is 4.74 Å². The summed E-state index contributed by atoms with van der Waals surface area (Å²) in [7, 11) is 3.49. The summed E-state index contributed by atoms with van der Waals surface area (Å²) in [4.78, 5) is 16.3. The van der Waals surface area contributed by atoms with Gasteiger partial charge in [0.05, 0.1) is 13.7 Å². The molecule has 1 saturated heterocycles. The van der Waals surface area contributed by atoms with Crippen LogP contribution in [-0.2, 0) is 11.3 Å². The molecule has 0 spiro atoms. The number of amides is 1. The van der Waals surface area contributed by atoms with Gasteiger partial charge in [0.25, 0.3) is 0 Å². The van der Waals surface area contributed by atoms with Crippen LogP contribution in [0.1, 0.15) is 12.0 Å². The van der Waals surface area contributed by atoms with Gasteiger partial charge < -0.3 is 15.0 Å². The van der Waals surface area contributed by atoms with E-state index in [1.165, 1.54) is 5.56 Å². The van der Waals surface area contributed by atoms with Crippen molar-refractivity contribution < 1.29 is 9.53 Å². The Morgan fingerprint density at radius 1 is 1.18 bits per heavy atom. The van der Waals surface area contributed by atoms with Gasteiger partial charge in [-0.25, -0.2) is 0 Å². The van der Waals surface area contributed by atoms with Crippen LogP contribution >= 0.6 is 12.4 Å². The lowest BCUT2D eigenvalue weighted by Gasteiger charge is -2.22. The number of likely N-dealkylation sites (N-methyl/N-ethyl adjacent to an activating group) is 1. The summed E-state index contributed by atoms with van der Waals surface area (Å²) < 4.78 is 5.18. The van der Waals surface area contributed by atoms with E-state index in [0.717, 1.165) is 44.9 Å². The van der Waals surface area contributed by atoms with Gasteiger partial charge in [0, 0.05) is 32.7 Å². The maximum Gasteiger partial charge on any atom is 0.236 e. The second kappa shape index (κ2) is 9.66. The topological polar surface area (TPSA) is 44.8 Å². The third-order valence-electron chi connectivity index (χ3n) is 3.83. The van der Waals surface area contributed by atoms with Gasteiger partial charge in [-0.05, 0) is 31.2 Å². The molecule has 1 aromatic rings. The zero-order chi connectivity index (χ0) is 15.1. The molecule has 22 heavy (non-hydrogen) atoms. The molecule has 1 aliphatic heterocycles. The molecular weight excluding hydrogens is 302 g/mol. The molecular formula is C16H26ClN3O2. The van der Waals surface area contributed by atoms with Crippen molar-refractivity contribution in [3.05, 3.63) is 29.8 Å². The molecule has 0 bridgehead atoms. The predicted octanol–water partition coefficient (Wildman–Crippen LogP) is 1.37. The summed E-state index contributed by atoms with van der Waals surface area (Å²) in [6, 6.07) is 8.20. The first-order valence-corrected chi connectivity index (χ1v) is 7.50. The fourth-order valence-electron chi connectivity index (χ4n) is 2.63. The van der Waals surface area contributed by atoms with Gasteiger partial charge in [-0.15, -0.1) is 12.4 Å². The monoisotopic (exact) mass is 327 g/mol. The summed E-state index contributed by atoms with van der Waals surface area (Å²) in [5, 5.41) is 2.93. The first kappa shape index (κ1) is 18.7. The van der Waals surface area contributed by atoms with E-state index < -0.39 is 0 Å². The highest BCUT2D eigenvalue weighted by molar-refractivity contribution is 5.85. The molecule has 124 valence electrons. The van der Waals surface area contributed by atoms with Crippen molar-refractivity contribution in [2.75, 3.05) is 46.9 Å². The van der Waals surface area contributed by atoms with Crippen LogP contribution in [0.4, 0.5) is 0 Å². The van der Waals surface area contributed by atoms with E-state index >= 15 is 0 Å². The van der Waals surface area contributed by atoms with Crippen molar-refractivity contribution >= 4 is 18.3 Å². The lowest BCUT2D eigenvalue weighted by molar-refractivity contribution is -0.130. The molecule has 0 atom stereocenters. The fourth-order valence-corrected chi connectivity index (χ4v) is 2.63. The highest BCUT2D eigenvalue weighted by atomic mass is 35.5. The van der Waals surface area contributed by atoms with Gasteiger partial charge in [0.2, 0.25) is 5.91 Å². The molecule has 0 saturated carbocycles. The van der Waals surface area contributed by atoms with Crippen molar-refractivity contribution in [1.82, 2.24) is 15.1 Å². The Kier molecular flexibility index (Phi) is 8.24. The third-order valence-corrected chi connectivity index (χ3v) is 3.83. The van der Waals surface area contributed by atoms with Gasteiger partial charge >= 0.3 is 0 Å². The lowest BCUT2D eigenvalue weighted by Crippen LogP contribution is -2.39. The van der Waals surface area contributed by atoms with Crippen molar-refractivity contribution in [3.63, 3.8) is 0 Å². The van der Waals surface area contributed by atoms with Crippen molar-refractivity contribution in [2.24, 2.45) is 0 Å². The number of methoxy groups -OCH3 is 1. The standard InChI is InChI=1S/C16H25N3O2.ClH/c1-17-12-16(20)19-9-3-8-18(10-11-19)13-14-4-6-15(21-2)7-5-14;/h4-7,17H,3,8-13H2,1-2H3;1H. The minimum atomic E-state index is 0. The smallest absolute Gasteiger partial charge is 0.236 e. The molecule has 1 fully saturated rings. The number of carbonyl (C=O) groups is 1. The van der Waals surface area contributed by atoms with Crippen LogP contribution in [0.3, 0.4) is 0 Å². The van der Waals surface area contributed by atoms with Crippen molar-refractivity contribution in [3.8, 4) is 5.75 Å². The number of nitrogens with one attached hydrogen (secondary N) is 1. The fraction of sp³-hybridized carbons (Fsp3) is 0.562. The SMILES string of the molecule is CNCC(=O)N1CCCN(Cc2ccc(OC)cc2)CC1.Cl. The molecule has 1 N–H and O–H groups in total. The van der Waals surface area contributed by atoms with Gasteiger partial charge in [-0.1, -0.05) is 12.1 Å². The molecule has 1 heterocycles. The minimum absolute atomic E-state index is 0. The van der Waals surface area contributed by atoms with E-state index in [2.05, 4.69) is 22.3 Å². The van der Waals surface area contributed by atoms with E-state index in [1.807, 2.05) is 24.1 Å². The van der Waals surface area contributed by atoms with Gasteiger partial charge in [0.1, 0.15) is 5.75 Å². The molecule has 1 amide bonds. The summed E-state index contributed by atoms with van der Waals surface area (Å²) in [6.07, 6.45) is 1.03. The Labute approximate surface area is 139 Å². The van der Waals surface area contributed by atoms with Crippen LogP contribution in [0.2, 0.25) is 0 Å². The number of hydrogen-bond acceptors (Lipinski definition) is 4. The molecule has 5 nitrogen and oxygen atoms in total. The largest absolute Gasteiger partial charge is 0.497 e. The zero-order valence-corrected chi connectivity index (χ0v) is 14.2. The van der Waals surface area contributed by atoms with E-state index in [0.29, 0.717) is 6.54 Å². The first-order valence-electron chi connectivity index (χ1n) is 7.50. The van der Waals surface area contributed by atoms with E-state index in [9.17, 15) is 4.79 Å². The highest BCUT2D eigenvalue weighted by Crippen LogP contribution is 2.14. The summed E-state index contributed by atoms with van der Waals surface area (Å²) in [5.74, 6) is 1.09. The van der Waals surface area contributed by atoms with Crippen LogP contribution in [0.25, 0.3) is 0 Å².